The Balaban J connectivity index is 2.14. The van der Waals surface area contributed by atoms with Gasteiger partial charge in [-0.1, -0.05) is 20.8 Å². The van der Waals surface area contributed by atoms with Crippen LogP contribution in [0.2, 0.25) is 0 Å². The first kappa shape index (κ1) is 14.0. The quantitative estimate of drug-likeness (QED) is 0.797. The Morgan fingerprint density at radius 3 is 2.68 bits per heavy atom. The van der Waals surface area contributed by atoms with Crippen molar-refractivity contribution in [3.63, 3.8) is 0 Å². The van der Waals surface area contributed by atoms with E-state index in [0.717, 1.165) is 12.8 Å². The lowest BCUT2D eigenvalue weighted by Crippen LogP contribution is -2.48. The molecule has 2 heterocycles. The molecule has 1 aliphatic rings. The third-order valence-electron chi connectivity index (χ3n) is 3.35. The number of H-pyrrole nitrogens is 1. The van der Waals surface area contributed by atoms with Crippen LogP contribution >= 0.6 is 0 Å². The summed E-state index contributed by atoms with van der Waals surface area (Å²) in [6.45, 7) is 8.76. The van der Waals surface area contributed by atoms with Crippen molar-refractivity contribution >= 4 is 5.91 Å². The first-order valence-corrected chi connectivity index (χ1v) is 6.64. The maximum Gasteiger partial charge on any atom is 0.293 e. The molecular weight excluding hydrogens is 244 g/mol. The molecule has 1 amide bonds. The number of rotatable bonds is 1. The number of aliphatic hydroxyl groups is 1. The first-order chi connectivity index (χ1) is 8.69. The lowest BCUT2D eigenvalue weighted by molar-refractivity contribution is -0.0111. The largest absolute Gasteiger partial charge is 0.388 e. The zero-order chi connectivity index (χ0) is 14.3. The van der Waals surface area contributed by atoms with Crippen LogP contribution in [0.15, 0.2) is 0 Å². The van der Waals surface area contributed by atoms with Gasteiger partial charge in [0.15, 0.2) is 0 Å². The molecule has 6 heteroatoms. The van der Waals surface area contributed by atoms with Crippen LogP contribution in [0.5, 0.6) is 0 Å². The second-order valence-electron chi connectivity index (χ2n) is 6.58. The number of carbonyl (C=O) groups excluding carboxylic acids is 1. The molecule has 6 nitrogen and oxygen atoms in total. The monoisotopic (exact) mass is 266 g/mol. The second kappa shape index (κ2) is 4.59. The molecule has 1 fully saturated rings. The molecule has 1 unspecified atom stereocenters. The number of β-amino-alcohol motifs (C(OH)–C–C–N with tert-alkyl or cyclic N) is 1. The Morgan fingerprint density at radius 1 is 1.47 bits per heavy atom. The fourth-order valence-corrected chi connectivity index (χ4v) is 2.23. The number of piperidine rings is 1. The van der Waals surface area contributed by atoms with Gasteiger partial charge in [0, 0.05) is 18.5 Å². The van der Waals surface area contributed by atoms with Crippen molar-refractivity contribution < 1.29 is 9.90 Å². The minimum atomic E-state index is -0.808. The van der Waals surface area contributed by atoms with Gasteiger partial charge in [0.25, 0.3) is 5.91 Å². The smallest absolute Gasteiger partial charge is 0.293 e. The van der Waals surface area contributed by atoms with E-state index in [0.29, 0.717) is 18.9 Å². The van der Waals surface area contributed by atoms with Gasteiger partial charge in [0.05, 0.1) is 5.60 Å². The topological polar surface area (TPSA) is 82.1 Å². The van der Waals surface area contributed by atoms with E-state index < -0.39 is 5.60 Å². The van der Waals surface area contributed by atoms with Crippen molar-refractivity contribution in [1.82, 2.24) is 20.1 Å². The molecule has 0 aromatic carbocycles. The molecular formula is C13H22N4O2. The Hall–Kier alpha value is -1.43. The van der Waals surface area contributed by atoms with E-state index in [-0.39, 0.29) is 17.1 Å². The summed E-state index contributed by atoms with van der Waals surface area (Å²) in [5, 5.41) is 16.8. The van der Waals surface area contributed by atoms with Crippen molar-refractivity contribution in [2.45, 2.75) is 51.6 Å². The van der Waals surface area contributed by atoms with Gasteiger partial charge in [-0.05, 0) is 19.8 Å². The fourth-order valence-electron chi connectivity index (χ4n) is 2.23. The normalized spacial score (nSPS) is 24.6. The van der Waals surface area contributed by atoms with Gasteiger partial charge in [-0.15, -0.1) is 5.10 Å². The number of aromatic amines is 1. The van der Waals surface area contributed by atoms with Gasteiger partial charge in [0.1, 0.15) is 5.82 Å². The standard InChI is InChI=1S/C13H22N4O2/c1-12(2,3)11-14-9(15-16-11)10(18)17-7-5-6-13(4,19)8-17/h19H,5-8H2,1-4H3,(H,14,15,16). The number of nitrogens with one attached hydrogen (secondary N) is 1. The molecule has 0 spiro atoms. The lowest BCUT2D eigenvalue weighted by atomic mass is 9.95. The average molecular weight is 266 g/mol. The van der Waals surface area contributed by atoms with E-state index in [2.05, 4.69) is 15.2 Å². The third-order valence-corrected chi connectivity index (χ3v) is 3.35. The van der Waals surface area contributed by atoms with Gasteiger partial charge in [-0.2, -0.15) is 0 Å². The number of hydrogen-bond donors (Lipinski definition) is 2. The number of aromatic nitrogens is 3. The van der Waals surface area contributed by atoms with Crippen molar-refractivity contribution in [2.24, 2.45) is 0 Å². The van der Waals surface area contributed by atoms with E-state index in [9.17, 15) is 9.90 Å². The molecule has 1 aliphatic heterocycles. The molecule has 19 heavy (non-hydrogen) atoms. The molecule has 0 radical (unpaired) electrons. The number of nitrogens with zero attached hydrogens (tertiary/aromatic N) is 3. The molecule has 0 saturated carbocycles. The summed E-state index contributed by atoms with van der Waals surface area (Å²) in [6, 6.07) is 0. The van der Waals surface area contributed by atoms with Crippen LogP contribution in [0, 0.1) is 0 Å². The number of hydrogen-bond acceptors (Lipinski definition) is 4. The molecule has 1 saturated heterocycles. The van der Waals surface area contributed by atoms with Crippen LogP contribution < -0.4 is 0 Å². The van der Waals surface area contributed by atoms with Crippen molar-refractivity contribution in [1.29, 1.82) is 0 Å². The first-order valence-electron chi connectivity index (χ1n) is 6.64. The summed E-state index contributed by atoms with van der Waals surface area (Å²) in [5.74, 6) is 0.661. The van der Waals surface area contributed by atoms with Crippen LogP contribution in [-0.2, 0) is 5.41 Å². The van der Waals surface area contributed by atoms with E-state index in [1.54, 1.807) is 11.8 Å². The fraction of sp³-hybridized carbons (Fsp3) is 0.769. The molecule has 106 valence electrons. The predicted molar refractivity (Wildman–Crippen MR) is 70.8 cm³/mol. The lowest BCUT2D eigenvalue weighted by Gasteiger charge is -2.36. The van der Waals surface area contributed by atoms with Gasteiger partial charge in [0.2, 0.25) is 5.82 Å². The van der Waals surface area contributed by atoms with E-state index in [1.165, 1.54) is 0 Å². The average Bonchev–Trinajstić information content (AvgIpc) is 2.75. The molecule has 1 atom stereocenters. The summed E-state index contributed by atoms with van der Waals surface area (Å²) in [4.78, 5) is 18.2. The van der Waals surface area contributed by atoms with Crippen LogP contribution in [0.4, 0.5) is 0 Å². The van der Waals surface area contributed by atoms with Crippen LogP contribution in [0.3, 0.4) is 0 Å². The molecule has 2 rings (SSSR count). The van der Waals surface area contributed by atoms with Gasteiger partial charge >= 0.3 is 0 Å². The Labute approximate surface area is 113 Å². The van der Waals surface area contributed by atoms with E-state index in [1.807, 2.05) is 20.8 Å². The second-order valence-corrected chi connectivity index (χ2v) is 6.58. The van der Waals surface area contributed by atoms with Crippen molar-refractivity contribution in [2.75, 3.05) is 13.1 Å². The SMILES string of the molecule is CC1(O)CCCN(C(=O)c2n[nH]c(C(C)(C)C)n2)C1. The highest BCUT2D eigenvalue weighted by Crippen LogP contribution is 2.22. The highest BCUT2D eigenvalue weighted by molar-refractivity contribution is 5.90. The zero-order valence-electron chi connectivity index (χ0n) is 12.0. The highest BCUT2D eigenvalue weighted by Gasteiger charge is 2.33. The maximum absolute atomic E-state index is 12.3. The summed E-state index contributed by atoms with van der Waals surface area (Å²) < 4.78 is 0. The number of likely N-dealkylation sites (tertiary alicyclic amines) is 1. The summed E-state index contributed by atoms with van der Waals surface area (Å²) in [5.41, 5.74) is -0.976. The molecule has 2 N–H and O–H groups in total. The predicted octanol–water partition coefficient (Wildman–Crippen LogP) is 1.09. The van der Waals surface area contributed by atoms with E-state index >= 15 is 0 Å². The summed E-state index contributed by atoms with van der Waals surface area (Å²) in [6.07, 6.45) is 1.52. The molecule has 1 aromatic rings. The molecule has 0 aliphatic carbocycles. The van der Waals surface area contributed by atoms with Crippen LogP contribution in [0.1, 0.15) is 57.0 Å². The minimum absolute atomic E-state index is 0.168. The minimum Gasteiger partial charge on any atom is -0.388 e. The summed E-state index contributed by atoms with van der Waals surface area (Å²) >= 11 is 0. The number of carbonyl (C=O) groups is 1. The Morgan fingerprint density at radius 2 is 2.16 bits per heavy atom. The van der Waals surface area contributed by atoms with Crippen LogP contribution in [0.25, 0.3) is 0 Å². The van der Waals surface area contributed by atoms with E-state index in [4.69, 9.17) is 0 Å². The molecule has 0 bridgehead atoms. The van der Waals surface area contributed by atoms with Gasteiger partial charge in [-0.25, -0.2) is 4.98 Å². The zero-order valence-corrected chi connectivity index (χ0v) is 12.0. The van der Waals surface area contributed by atoms with Crippen molar-refractivity contribution in [3.8, 4) is 0 Å². The van der Waals surface area contributed by atoms with Gasteiger partial charge < -0.3 is 10.0 Å². The summed E-state index contributed by atoms with van der Waals surface area (Å²) in [7, 11) is 0. The maximum atomic E-state index is 12.3. The van der Waals surface area contributed by atoms with Gasteiger partial charge in [-0.3, -0.25) is 9.89 Å². The number of amides is 1. The van der Waals surface area contributed by atoms with Crippen molar-refractivity contribution in [3.05, 3.63) is 11.6 Å². The Kier molecular flexibility index (Phi) is 3.38. The highest BCUT2D eigenvalue weighted by atomic mass is 16.3. The molecule has 1 aromatic heterocycles. The third kappa shape index (κ3) is 3.12. The van der Waals surface area contributed by atoms with Crippen LogP contribution in [-0.4, -0.2) is 49.8 Å². The Bertz CT molecular complexity index is 473.